The van der Waals surface area contributed by atoms with E-state index >= 15 is 0 Å². The molecule has 1 aliphatic rings. The van der Waals surface area contributed by atoms with E-state index in [2.05, 4.69) is 0 Å². The van der Waals surface area contributed by atoms with Crippen LogP contribution in [0.2, 0.25) is 0 Å². The molecule has 3 aromatic rings. The van der Waals surface area contributed by atoms with Crippen molar-refractivity contribution in [3.63, 3.8) is 0 Å². The molecule has 0 aliphatic carbocycles. The van der Waals surface area contributed by atoms with E-state index in [1.165, 1.54) is 0 Å². The van der Waals surface area contributed by atoms with Crippen molar-refractivity contribution in [2.45, 2.75) is 12.5 Å². The number of ether oxygens (including phenoxy) is 2. The standard InChI is InChI=1S/C22H19NO4S/c1-23(12-15-10-11-28-14-15)20(24)13-26-22(25)21-16-6-2-4-8-18(16)27-19-9-5-3-7-17(19)21/h2-11,14,21H,12-13H2,1H3. The Morgan fingerprint density at radius 3 is 2.29 bits per heavy atom. The van der Waals surface area contributed by atoms with E-state index in [0.717, 1.165) is 16.7 Å². The van der Waals surface area contributed by atoms with Crippen molar-refractivity contribution < 1.29 is 19.1 Å². The quantitative estimate of drug-likeness (QED) is 0.610. The third-order valence-electron chi connectivity index (χ3n) is 4.68. The molecule has 0 N–H and O–H groups in total. The van der Waals surface area contributed by atoms with Crippen molar-refractivity contribution in [2.75, 3.05) is 13.7 Å². The molecule has 6 heteroatoms. The normalized spacial score (nSPS) is 12.5. The summed E-state index contributed by atoms with van der Waals surface area (Å²) in [5.74, 6) is -0.0575. The van der Waals surface area contributed by atoms with Gasteiger partial charge in [-0.25, -0.2) is 0 Å². The molecule has 2 aromatic carbocycles. The van der Waals surface area contributed by atoms with Gasteiger partial charge in [0, 0.05) is 24.7 Å². The average Bonchev–Trinajstić information content (AvgIpc) is 3.22. The Balaban J connectivity index is 1.48. The summed E-state index contributed by atoms with van der Waals surface area (Å²) in [5.41, 5.74) is 2.54. The summed E-state index contributed by atoms with van der Waals surface area (Å²) in [4.78, 5) is 26.9. The van der Waals surface area contributed by atoms with Crippen LogP contribution in [0.25, 0.3) is 0 Å². The summed E-state index contributed by atoms with van der Waals surface area (Å²) in [7, 11) is 1.70. The van der Waals surface area contributed by atoms with Gasteiger partial charge in [-0.3, -0.25) is 9.59 Å². The minimum atomic E-state index is -0.615. The lowest BCUT2D eigenvalue weighted by Gasteiger charge is -2.27. The van der Waals surface area contributed by atoms with Gasteiger partial charge in [-0.1, -0.05) is 36.4 Å². The molecule has 2 heterocycles. The van der Waals surface area contributed by atoms with Crippen LogP contribution < -0.4 is 4.74 Å². The maximum Gasteiger partial charge on any atom is 0.318 e. The molecule has 4 rings (SSSR count). The Bertz CT molecular complexity index is 954. The van der Waals surface area contributed by atoms with Crippen molar-refractivity contribution in [3.8, 4) is 11.5 Å². The highest BCUT2D eigenvalue weighted by Gasteiger charge is 2.34. The molecule has 1 aromatic heterocycles. The number of rotatable bonds is 5. The van der Waals surface area contributed by atoms with E-state index in [1.807, 2.05) is 65.4 Å². The average molecular weight is 393 g/mol. The number of fused-ring (bicyclic) bond motifs is 2. The van der Waals surface area contributed by atoms with E-state index < -0.39 is 11.9 Å². The summed E-state index contributed by atoms with van der Waals surface area (Å²) in [6.07, 6.45) is 0. The largest absolute Gasteiger partial charge is 0.457 e. The Labute approximate surface area is 167 Å². The maximum atomic E-state index is 12.9. The lowest BCUT2D eigenvalue weighted by molar-refractivity contribution is -0.152. The van der Waals surface area contributed by atoms with Gasteiger partial charge < -0.3 is 14.4 Å². The highest BCUT2D eigenvalue weighted by atomic mass is 32.1. The fourth-order valence-electron chi connectivity index (χ4n) is 3.23. The number of hydrogen-bond donors (Lipinski definition) is 0. The first-order chi connectivity index (χ1) is 13.6. The number of thiophene rings is 1. The van der Waals surface area contributed by atoms with Gasteiger partial charge in [-0.05, 0) is 34.5 Å². The summed E-state index contributed by atoms with van der Waals surface area (Å²) < 4.78 is 11.3. The molecule has 142 valence electrons. The van der Waals surface area contributed by atoms with Crippen LogP contribution in [0.4, 0.5) is 0 Å². The van der Waals surface area contributed by atoms with Crippen LogP contribution in [0.1, 0.15) is 22.6 Å². The first-order valence-corrected chi connectivity index (χ1v) is 9.85. The van der Waals surface area contributed by atoms with Gasteiger partial charge in [0.05, 0.1) is 0 Å². The van der Waals surface area contributed by atoms with Crippen LogP contribution in [0, 0.1) is 0 Å². The molecule has 0 spiro atoms. The minimum absolute atomic E-state index is 0.242. The Morgan fingerprint density at radius 1 is 1.04 bits per heavy atom. The molecule has 1 amide bonds. The van der Waals surface area contributed by atoms with Gasteiger partial charge >= 0.3 is 5.97 Å². The number of nitrogens with zero attached hydrogens (tertiary/aromatic N) is 1. The van der Waals surface area contributed by atoms with Gasteiger partial charge in [0.15, 0.2) is 6.61 Å². The summed E-state index contributed by atoms with van der Waals surface area (Å²) >= 11 is 1.58. The lowest BCUT2D eigenvalue weighted by atomic mass is 9.88. The van der Waals surface area contributed by atoms with Crippen LogP contribution in [0.5, 0.6) is 11.5 Å². The molecule has 5 nitrogen and oxygen atoms in total. The number of hydrogen-bond acceptors (Lipinski definition) is 5. The van der Waals surface area contributed by atoms with E-state index in [0.29, 0.717) is 18.0 Å². The predicted octanol–water partition coefficient (Wildman–Crippen LogP) is 4.19. The van der Waals surface area contributed by atoms with Gasteiger partial charge in [0.2, 0.25) is 0 Å². The Kier molecular flexibility index (Phi) is 5.12. The Hall–Kier alpha value is -3.12. The maximum absolute atomic E-state index is 12.9. The third kappa shape index (κ3) is 3.64. The van der Waals surface area contributed by atoms with Gasteiger partial charge in [0.1, 0.15) is 17.4 Å². The second kappa shape index (κ2) is 7.86. The zero-order valence-corrected chi connectivity index (χ0v) is 16.1. The molecule has 0 radical (unpaired) electrons. The predicted molar refractivity (Wildman–Crippen MR) is 107 cm³/mol. The lowest BCUT2D eigenvalue weighted by Crippen LogP contribution is -2.32. The topological polar surface area (TPSA) is 55.8 Å². The smallest absolute Gasteiger partial charge is 0.318 e. The van der Waals surface area contributed by atoms with Crippen LogP contribution in [-0.2, 0) is 20.9 Å². The van der Waals surface area contributed by atoms with Crippen molar-refractivity contribution in [2.24, 2.45) is 0 Å². The van der Waals surface area contributed by atoms with E-state index in [9.17, 15) is 9.59 Å². The minimum Gasteiger partial charge on any atom is -0.457 e. The molecular weight excluding hydrogens is 374 g/mol. The van der Waals surface area contributed by atoms with Crippen molar-refractivity contribution in [1.29, 1.82) is 0 Å². The van der Waals surface area contributed by atoms with Gasteiger partial charge in [0.25, 0.3) is 5.91 Å². The zero-order chi connectivity index (χ0) is 19.5. The van der Waals surface area contributed by atoms with E-state index in [1.54, 1.807) is 23.3 Å². The molecule has 0 fully saturated rings. The monoisotopic (exact) mass is 393 g/mol. The number of carbonyl (C=O) groups is 2. The molecule has 0 bridgehead atoms. The van der Waals surface area contributed by atoms with Gasteiger partial charge in [-0.2, -0.15) is 11.3 Å². The molecule has 0 unspecified atom stereocenters. The van der Waals surface area contributed by atoms with Gasteiger partial charge in [-0.15, -0.1) is 0 Å². The molecule has 0 atom stereocenters. The van der Waals surface area contributed by atoms with Crippen molar-refractivity contribution in [3.05, 3.63) is 82.0 Å². The third-order valence-corrected chi connectivity index (χ3v) is 5.41. The number of carbonyl (C=O) groups excluding carboxylic acids is 2. The number of para-hydroxylation sites is 2. The number of likely N-dealkylation sites (N-methyl/N-ethyl adjacent to an activating group) is 1. The van der Waals surface area contributed by atoms with Crippen LogP contribution in [-0.4, -0.2) is 30.4 Å². The summed E-state index contributed by atoms with van der Waals surface area (Å²) in [6.45, 7) is 0.198. The fraction of sp³-hybridized carbons (Fsp3) is 0.182. The zero-order valence-electron chi connectivity index (χ0n) is 15.3. The van der Waals surface area contributed by atoms with E-state index in [-0.39, 0.29) is 12.5 Å². The number of amides is 1. The second-order valence-electron chi connectivity index (χ2n) is 6.60. The highest BCUT2D eigenvalue weighted by Crippen LogP contribution is 2.44. The van der Waals surface area contributed by atoms with Crippen LogP contribution in [0.15, 0.2) is 65.4 Å². The van der Waals surface area contributed by atoms with Crippen molar-refractivity contribution in [1.82, 2.24) is 4.90 Å². The van der Waals surface area contributed by atoms with Crippen LogP contribution in [0.3, 0.4) is 0 Å². The Morgan fingerprint density at radius 2 is 1.68 bits per heavy atom. The fourth-order valence-corrected chi connectivity index (χ4v) is 3.89. The summed E-state index contributed by atoms with van der Waals surface area (Å²) in [6, 6.07) is 16.7. The molecule has 0 saturated heterocycles. The first kappa shape index (κ1) is 18.3. The van der Waals surface area contributed by atoms with Crippen molar-refractivity contribution >= 4 is 23.2 Å². The SMILES string of the molecule is CN(Cc1ccsc1)C(=O)COC(=O)C1c2ccccc2Oc2ccccc21. The van der Waals surface area contributed by atoms with E-state index in [4.69, 9.17) is 9.47 Å². The first-order valence-electron chi connectivity index (χ1n) is 8.91. The molecule has 28 heavy (non-hydrogen) atoms. The second-order valence-corrected chi connectivity index (χ2v) is 7.38. The van der Waals surface area contributed by atoms with Crippen LogP contribution >= 0.6 is 11.3 Å². The molecular formula is C22H19NO4S. The summed E-state index contributed by atoms with van der Waals surface area (Å²) in [5, 5.41) is 3.96. The molecule has 0 saturated carbocycles. The number of esters is 1. The number of benzene rings is 2. The highest BCUT2D eigenvalue weighted by molar-refractivity contribution is 7.07. The molecule has 1 aliphatic heterocycles.